The van der Waals surface area contributed by atoms with Crippen LogP contribution in [-0.4, -0.2) is 25.5 Å². The van der Waals surface area contributed by atoms with E-state index in [9.17, 15) is 8.78 Å². The molecule has 3 aromatic rings. The van der Waals surface area contributed by atoms with Gasteiger partial charge in [0.15, 0.2) is 0 Å². The maximum atomic E-state index is 12.9. The Hall–Kier alpha value is -2.50. The van der Waals surface area contributed by atoms with E-state index in [4.69, 9.17) is 34.3 Å². The first-order valence-electron chi connectivity index (χ1n) is 8.42. The van der Waals surface area contributed by atoms with Crippen LogP contribution in [0.2, 0.25) is 10.0 Å². The van der Waals surface area contributed by atoms with E-state index in [1.165, 1.54) is 6.21 Å². The average molecular weight is 420 g/mol. The van der Waals surface area contributed by atoms with Crippen molar-refractivity contribution in [1.82, 2.24) is 0 Å². The minimum Gasteiger partial charge on any atom is -0.383 e. The molecule has 0 unspecified atom stereocenters. The molecule has 0 fully saturated rings. The van der Waals surface area contributed by atoms with Crippen LogP contribution in [0.4, 0.5) is 8.78 Å². The van der Waals surface area contributed by atoms with Gasteiger partial charge in [-0.25, -0.2) is 8.78 Å². The fraction of sp³-hybridized carbons (Fsp3) is 0.143. The zero-order valence-corrected chi connectivity index (χ0v) is 16.5. The van der Waals surface area contributed by atoms with Crippen LogP contribution >= 0.6 is 23.2 Å². The van der Waals surface area contributed by atoms with Crippen LogP contribution in [0, 0.1) is 5.41 Å². The normalized spacial score (nSPS) is 12.0. The summed E-state index contributed by atoms with van der Waals surface area (Å²) in [4.78, 5) is 4.08. The Morgan fingerprint density at radius 3 is 2.54 bits per heavy atom. The Kier molecular flexibility index (Phi) is 5.96. The molecule has 0 saturated carbocycles. The van der Waals surface area contributed by atoms with Crippen molar-refractivity contribution in [2.75, 3.05) is 7.05 Å². The molecule has 0 saturated heterocycles. The molecule has 0 aromatic heterocycles. The summed E-state index contributed by atoms with van der Waals surface area (Å²) in [5.74, 6) is 0.237. The Labute approximate surface area is 171 Å². The minimum absolute atomic E-state index is 0.237. The Morgan fingerprint density at radius 1 is 1.18 bits per heavy atom. The summed E-state index contributed by atoms with van der Waals surface area (Å²) in [6.45, 7) is 0. The summed E-state index contributed by atoms with van der Waals surface area (Å²) >= 11 is 12.4. The van der Waals surface area contributed by atoms with Crippen molar-refractivity contribution in [2.45, 2.75) is 12.8 Å². The largest absolute Gasteiger partial charge is 0.383 e. The van der Waals surface area contributed by atoms with Gasteiger partial charge in [0.1, 0.15) is 5.84 Å². The quantitative estimate of drug-likeness (QED) is 0.389. The smallest absolute Gasteiger partial charge is 0.242 e. The fourth-order valence-corrected chi connectivity index (χ4v) is 3.59. The van der Waals surface area contributed by atoms with Crippen molar-refractivity contribution in [2.24, 2.45) is 10.7 Å². The second kappa shape index (κ2) is 8.25. The fourth-order valence-electron chi connectivity index (χ4n) is 3.25. The number of nitrogens with one attached hydrogen (secondary N) is 1. The lowest BCUT2D eigenvalue weighted by Crippen LogP contribution is -2.17. The number of halogens is 4. The number of fused-ring (bicyclic) bond motifs is 1. The summed E-state index contributed by atoms with van der Waals surface area (Å²) in [6, 6.07) is 12.1. The van der Waals surface area contributed by atoms with Crippen LogP contribution in [0.5, 0.6) is 0 Å². The van der Waals surface area contributed by atoms with Crippen molar-refractivity contribution in [3.05, 3.63) is 69.2 Å². The van der Waals surface area contributed by atoms with Gasteiger partial charge in [-0.3, -0.25) is 4.99 Å². The van der Waals surface area contributed by atoms with Crippen LogP contribution in [0.1, 0.15) is 16.7 Å². The highest BCUT2D eigenvalue weighted by Gasteiger charge is 2.19. The number of nitrogens with two attached hydrogens (primary N) is 1. The lowest BCUT2D eigenvalue weighted by atomic mass is 9.88. The maximum absolute atomic E-state index is 12.9. The predicted molar refractivity (Wildman–Crippen MR) is 114 cm³/mol. The van der Waals surface area contributed by atoms with Gasteiger partial charge in [-0.15, -0.1) is 0 Å². The highest BCUT2D eigenvalue weighted by molar-refractivity contribution is 6.43. The monoisotopic (exact) mass is 419 g/mol. The zero-order chi connectivity index (χ0) is 20.4. The van der Waals surface area contributed by atoms with E-state index in [0.29, 0.717) is 37.9 Å². The maximum Gasteiger partial charge on any atom is 0.242 e. The van der Waals surface area contributed by atoms with E-state index in [0.717, 1.165) is 10.8 Å². The molecular formula is C21H17Cl2F2N3. The van der Waals surface area contributed by atoms with Crippen LogP contribution in [0.25, 0.3) is 21.9 Å². The van der Waals surface area contributed by atoms with E-state index in [-0.39, 0.29) is 12.3 Å². The number of aliphatic imine (C=N–C) groups is 1. The van der Waals surface area contributed by atoms with Crippen molar-refractivity contribution in [3.63, 3.8) is 0 Å². The molecule has 3 aromatic carbocycles. The second-order valence-electron chi connectivity index (χ2n) is 6.25. The van der Waals surface area contributed by atoms with Gasteiger partial charge in [0.05, 0.1) is 10.0 Å². The molecule has 0 spiro atoms. The molecule has 0 atom stereocenters. The number of alkyl halides is 2. The standard InChI is InChI=1S/C21H17Cl2F2N3/c1-28-21(27)20-14(10-26)7-13-8-16(22)17(23)9-15(13)19(20)12-4-2-3-11(5-12)6-18(24)25/h2-5,7-10,18,26H,6H2,1H3,(H2,27,28). The van der Waals surface area contributed by atoms with Gasteiger partial charge in [-0.2, -0.15) is 0 Å². The molecule has 0 aliphatic rings. The van der Waals surface area contributed by atoms with E-state index >= 15 is 0 Å². The first-order valence-corrected chi connectivity index (χ1v) is 9.17. The molecule has 0 aliphatic heterocycles. The Balaban J connectivity index is 2.44. The third-order valence-corrected chi connectivity index (χ3v) is 5.19. The third kappa shape index (κ3) is 3.86. The average Bonchev–Trinajstić information content (AvgIpc) is 2.66. The number of benzene rings is 3. The number of rotatable bonds is 5. The number of nitrogens with zero attached hydrogens (tertiary/aromatic N) is 1. The van der Waals surface area contributed by atoms with Crippen molar-refractivity contribution < 1.29 is 8.78 Å². The summed E-state index contributed by atoms with van der Waals surface area (Å²) < 4.78 is 25.8. The van der Waals surface area contributed by atoms with Crippen LogP contribution in [0.15, 0.2) is 47.5 Å². The molecule has 144 valence electrons. The van der Waals surface area contributed by atoms with Gasteiger partial charge >= 0.3 is 0 Å². The SMILES string of the molecule is CN=C(N)c1c(C=N)cc2cc(Cl)c(Cl)cc2c1-c1cccc(CC(F)F)c1. The highest BCUT2D eigenvalue weighted by Crippen LogP contribution is 2.38. The Morgan fingerprint density at radius 2 is 1.89 bits per heavy atom. The van der Waals surface area contributed by atoms with Crippen molar-refractivity contribution in [1.29, 1.82) is 5.41 Å². The van der Waals surface area contributed by atoms with Crippen molar-refractivity contribution >= 4 is 46.0 Å². The van der Waals surface area contributed by atoms with Gasteiger partial charge in [0.2, 0.25) is 6.43 Å². The summed E-state index contributed by atoms with van der Waals surface area (Å²) in [7, 11) is 1.55. The molecular weight excluding hydrogens is 403 g/mol. The first kappa shape index (κ1) is 20.2. The second-order valence-corrected chi connectivity index (χ2v) is 7.07. The number of hydrogen-bond acceptors (Lipinski definition) is 2. The number of amidine groups is 1. The molecule has 3 N–H and O–H groups in total. The highest BCUT2D eigenvalue weighted by atomic mass is 35.5. The first-order chi connectivity index (χ1) is 13.3. The lowest BCUT2D eigenvalue weighted by Gasteiger charge is -2.17. The number of hydrogen-bond donors (Lipinski definition) is 2. The Bertz CT molecular complexity index is 1090. The third-order valence-electron chi connectivity index (χ3n) is 4.47. The van der Waals surface area contributed by atoms with E-state index in [1.807, 2.05) is 6.07 Å². The molecule has 0 bridgehead atoms. The van der Waals surface area contributed by atoms with Gasteiger partial charge in [0, 0.05) is 36.4 Å². The summed E-state index contributed by atoms with van der Waals surface area (Å²) in [6.07, 6.45) is -1.62. The molecule has 3 rings (SSSR count). The minimum atomic E-state index is -2.45. The molecule has 0 aliphatic carbocycles. The van der Waals surface area contributed by atoms with E-state index < -0.39 is 6.43 Å². The van der Waals surface area contributed by atoms with Crippen LogP contribution < -0.4 is 5.73 Å². The topological polar surface area (TPSA) is 62.2 Å². The van der Waals surface area contributed by atoms with Crippen LogP contribution in [0.3, 0.4) is 0 Å². The molecule has 28 heavy (non-hydrogen) atoms. The molecule has 3 nitrogen and oxygen atoms in total. The summed E-state index contributed by atoms with van der Waals surface area (Å²) in [5.41, 5.74) is 9.11. The van der Waals surface area contributed by atoms with Gasteiger partial charge in [-0.1, -0.05) is 47.5 Å². The van der Waals surface area contributed by atoms with Gasteiger partial charge in [0.25, 0.3) is 0 Å². The summed E-state index contributed by atoms with van der Waals surface area (Å²) in [5, 5.41) is 10.1. The predicted octanol–water partition coefficient (Wildman–Crippen LogP) is 5.95. The zero-order valence-electron chi connectivity index (χ0n) is 14.9. The van der Waals surface area contributed by atoms with Gasteiger partial charge < -0.3 is 11.1 Å². The van der Waals surface area contributed by atoms with Crippen LogP contribution in [-0.2, 0) is 6.42 Å². The lowest BCUT2D eigenvalue weighted by molar-refractivity contribution is 0.149. The van der Waals surface area contributed by atoms with Crippen molar-refractivity contribution in [3.8, 4) is 11.1 Å². The molecule has 7 heteroatoms. The molecule has 0 heterocycles. The molecule has 0 radical (unpaired) electrons. The van der Waals surface area contributed by atoms with Gasteiger partial charge in [-0.05, 0) is 40.1 Å². The van der Waals surface area contributed by atoms with E-state index in [2.05, 4.69) is 4.99 Å². The van der Waals surface area contributed by atoms with E-state index in [1.54, 1.807) is 43.4 Å². The molecule has 0 amide bonds.